The van der Waals surface area contributed by atoms with Crippen molar-refractivity contribution in [2.24, 2.45) is 0 Å². The van der Waals surface area contributed by atoms with Gasteiger partial charge >= 0.3 is 19.8 Å². The van der Waals surface area contributed by atoms with Gasteiger partial charge in [0, 0.05) is 12.8 Å². The van der Waals surface area contributed by atoms with Crippen LogP contribution in [0.3, 0.4) is 0 Å². The van der Waals surface area contributed by atoms with Gasteiger partial charge in [0.2, 0.25) is 0 Å². The van der Waals surface area contributed by atoms with Gasteiger partial charge in [-0.1, -0.05) is 298 Å². The summed E-state index contributed by atoms with van der Waals surface area (Å²) in [7, 11) is 1.44. The van der Waals surface area contributed by atoms with Crippen LogP contribution in [0.5, 0.6) is 0 Å². The number of allylic oxidation sites excluding steroid dienone is 32. The molecule has 0 rings (SSSR count). The zero-order valence-electron chi connectivity index (χ0n) is 59.0. The van der Waals surface area contributed by atoms with Gasteiger partial charge in [-0.2, -0.15) is 0 Å². The van der Waals surface area contributed by atoms with E-state index in [1.165, 1.54) is 77.0 Å². The average molecular weight is 1290 g/mol. The second kappa shape index (κ2) is 70.2. The third-order valence-corrected chi connectivity index (χ3v) is 15.6. The van der Waals surface area contributed by atoms with E-state index in [4.69, 9.17) is 18.5 Å². The van der Waals surface area contributed by atoms with Gasteiger partial charge in [-0.25, -0.2) is 4.57 Å². The molecule has 0 aromatic carbocycles. The van der Waals surface area contributed by atoms with Crippen LogP contribution >= 0.6 is 7.82 Å². The van der Waals surface area contributed by atoms with Gasteiger partial charge in [-0.05, 0) is 141 Å². The van der Waals surface area contributed by atoms with Crippen molar-refractivity contribution >= 4 is 19.8 Å². The molecule has 0 aliphatic rings. The molecule has 1 N–H and O–H groups in total. The first-order valence-electron chi connectivity index (χ1n) is 36.2. The number of phosphoric acid groups is 1. The van der Waals surface area contributed by atoms with E-state index < -0.39 is 26.5 Å². The number of phosphoric ester groups is 1. The summed E-state index contributed by atoms with van der Waals surface area (Å²) in [6.45, 7) is 4.16. The fraction of sp³-hybridized carbons (Fsp3) is 0.585. The van der Waals surface area contributed by atoms with E-state index in [9.17, 15) is 19.0 Å². The number of quaternary nitrogens is 1. The van der Waals surface area contributed by atoms with Crippen LogP contribution in [0, 0.1) is 0 Å². The average Bonchev–Trinajstić information content (AvgIpc) is 2.23. The summed E-state index contributed by atoms with van der Waals surface area (Å²) < 4.78 is 34.7. The molecule has 92 heavy (non-hydrogen) atoms. The van der Waals surface area contributed by atoms with Crippen molar-refractivity contribution in [3.05, 3.63) is 194 Å². The Morgan fingerprint density at radius 3 is 0.870 bits per heavy atom. The molecule has 9 nitrogen and oxygen atoms in total. The number of likely N-dealkylation sites (N-methyl/N-ethyl adjacent to an activating group) is 1. The molecule has 0 aromatic heterocycles. The van der Waals surface area contributed by atoms with E-state index in [1.807, 2.05) is 21.1 Å². The molecule has 10 heteroatoms. The minimum absolute atomic E-state index is 0.0165. The number of nitrogens with zero attached hydrogens (tertiary/aromatic N) is 1. The summed E-state index contributed by atoms with van der Waals surface area (Å²) in [4.78, 5) is 35.9. The first kappa shape index (κ1) is 86.9. The molecule has 0 aliphatic heterocycles. The third-order valence-electron chi connectivity index (χ3n) is 14.6. The number of hydrogen-bond donors (Lipinski definition) is 1. The highest BCUT2D eigenvalue weighted by molar-refractivity contribution is 7.47. The zero-order valence-corrected chi connectivity index (χ0v) is 59.8. The fourth-order valence-corrected chi connectivity index (χ4v) is 9.91. The van der Waals surface area contributed by atoms with Gasteiger partial charge in [0.05, 0.1) is 27.7 Å². The number of unbranched alkanes of at least 4 members (excludes halogenated alkanes) is 18. The lowest BCUT2D eigenvalue weighted by Crippen LogP contribution is -2.37. The van der Waals surface area contributed by atoms with E-state index in [0.717, 1.165) is 148 Å². The molecule has 0 amide bonds. The van der Waals surface area contributed by atoms with Crippen molar-refractivity contribution in [1.29, 1.82) is 0 Å². The second-order valence-electron chi connectivity index (χ2n) is 24.5. The number of carbonyl (C=O) groups is 2. The van der Waals surface area contributed by atoms with Gasteiger partial charge in [-0.3, -0.25) is 18.6 Å². The summed E-state index contributed by atoms with van der Waals surface area (Å²) >= 11 is 0. The molecule has 0 aliphatic carbocycles. The molecule has 0 radical (unpaired) electrons. The minimum atomic E-state index is -4.41. The van der Waals surface area contributed by atoms with Crippen LogP contribution in [0.2, 0.25) is 0 Å². The van der Waals surface area contributed by atoms with Gasteiger partial charge in [0.15, 0.2) is 6.10 Å². The lowest BCUT2D eigenvalue weighted by atomic mass is 10.0. The molecular weight excluding hydrogens is 1160 g/mol. The molecule has 0 aromatic rings. The normalized spacial score (nSPS) is 14.3. The SMILES string of the molecule is CC/C=C\C/C=C\C/C=C\C/C=C\C/C=C\C/C=C\C/C=C\C/C=C\C/C=C\C/C=C\C/C=C\C/C=C\CCCCCCC(=O)OC(COC(=O)CCCCCCCCCCCCCCCC/C=C\C/C=C\C/C=C\C/C=C\CC)COP(=O)(O)OCC[N+](C)(C)C. The molecule has 0 bridgehead atoms. The van der Waals surface area contributed by atoms with Gasteiger partial charge < -0.3 is 18.9 Å². The van der Waals surface area contributed by atoms with E-state index in [0.29, 0.717) is 17.4 Å². The topological polar surface area (TPSA) is 108 Å². The van der Waals surface area contributed by atoms with Crippen molar-refractivity contribution in [2.45, 2.75) is 264 Å². The summed E-state index contributed by atoms with van der Waals surface area (Å²) in [6, 6.07) is 0. The Kier molecular flexibility index (Phi) is 66.2. The van der Waals surface area contributed by atoms with E-state index in [-0.39, 0.29) is 32.0 Å². The lowest BCUT2D eigenvalue weighted by Gasteiger charge is -2.24. The molecular formula is C82H133NO8P+. The Hall–Kier alpha value is -5.15. The number of hydrogen-bond acceptors (Lipinski definition) is 7. The molecule has 0 fully saturated rings. The maximum absolute atomic E-state index is 12.9. The van der Waals surface area contributed by atoms with Crippen LogP contribution in [0.1, 0.15) is 258 Å². The monoisotopic (exact) mass is 1290 g/mol. The van der Waals surface area contributed by atoms with Crippen molar-refractivity contribution < 1.29 is 42.1 Å². The maximum Gasteiger partial charge on any atom is 0.472 e. The molecule has 2 unspecified atom stereocenters. The van der Waals surface area contributed by atoms with Crippen LogP contribution in [0.15, 0.2) is 194 Å². The van der Waals surface area contributed by atoms with Crippen LogP contribution < -0.4 is 0 Å². The molecule has 0 spiro atoms. The summed E-state index contributed by atoms with van der Waals surface area (Å²) in [6.07, 6.45) is 110. The van der Waals surface area contributed by atoms with Gasteiger partial charge in [0.1, 0.15) is 19.8 Å². The summed E-state index contributed by atoms with van der Waals surface area (Å²) in [5.74, 6) is -0.838. The number of carbonyl (C=O) groups excluding carboxylic acids is 2. The minimum Gasteiger partial charge on any atom is -0.462 e. The summed E-state index contributed by atoms with van der Waals surface area (Å²) in [5.41, 5.74) is 0. The number of rotatable bonds is 64. The quantitative estimate of drug-likeness (QED) is 0.0211. The molecule has 0 saturated heterocycles. The predicted molar refractivity (Wildman–Crippen MR) is 399 cm³/mol. The highest BCUT2D eigenvalue weighted by atomic mass is 31.2. The van der Waals surface area contributed by atoms with Crippen LogP contribution in [-0.4, -0.2) is 74.9 Å². The van der Waals surface area contributed by atoms with Crippen molar-refractivity contribution in [2.75, 3.05) is 47.5 Å². The molecule has 518 valence electrons. The summed E-state index contributed by atoms with van der Waals surface area (Å²) in [5, 5.41) is 0. The smallest absolute Gasteiger partial charge is 0.462 e. The Bertz CT molecular complexity index is 2260. The lowest BCUT2D eigenvalue weighted by molar-refractivity contribution is -0.870. The van der Waals surface area contributed by atoms with E-state index >= 15 is 0 Å². The largest absolute Gasteiger partial charge is 0.472 e. The van der Waals surface area contributed by atoms with Gasteiger partial charge in [0.25, 0.3) is 0 Å². The Labute approximate surface area is 564 Å². The van der Waals surface area contributed by atoms with Crippen LogP contribution in [-0.2, 0) is 32.7 Å². The highest BCUT2D eigenvalue weighted by Gasteiger charge is 2.27. The van der Waals surface area contributed by atoms with Crippen molar-refractivity contribution in [3.8, 4) is 0 Å². The van der Waals surface area contributed by atoms with E-state index in [2.05, 4.69) is 208 Å². The predicted octanol–water partition coefficient (Wildman–Crippen LogP) is 24.0. The van der Waals surface area contributed by atoms with Crippen LogP contribution in [0.25, 0.3) is 0 Å². The van der Waals surface area contributed by atoms with Crippen LogP contribution in [0.4, 0.5) is 0 Å². The zero-order chi connectivity index (χ0) is 66.9. The first-order chi connectivity index (χ1) is 45.0. The number of esters is 2. The number of ether oxygens (including phenoxy) is 2. The molecule has 0 heterocycles. The Balaban J connectivity index is 4.17. The van der Waals surface area contributed by atoms with Gasteiger partial charge in [-0.15, -0.1) is 0 Å². The maximum atomic E-state index is 12.9. The highest BCUT2D eigenvalue weighted by Crippen LogP contribution is 2.43. The second-order valence-corrected chi connectivity index (χ2v) is 26.0. The van der Waals surface area contributed by atoms with E-state index in [1.54, 1.807) is 0 Å². The Morgan fingerprint density at radius 1 is 0.337 bits per heavy atom. The first-order valence-corrected chi connectivity index (χ1v) is 37.7. The molecule has 2 atom stereocenters. The van der Waals surface area contributed by atoms with Crippen molar-refractivity contribution in [1.82, 2.24) is 0 Å². The standard InChI is InChI=1S/C82H132NO8P/c1-6-8-10-12-14-16-18-20-22-24-26-28-30-32-34-35-36-37-38-39-40-41-42-43-44-45-46-47-49-51-53-55-57-59-61-63-65-67-69-71-73-75-82(85)91-80(79-90-92(86,87)89-77-76-83(3,4)5)78-88-81(84)74-72-70-68-66-64-62-60-58-56-54-52-50-48-33-31-29-27-25-23-21-19-17-15-13-11-9-7-2/h8-11,14-17,20-23,26-29,32,34,36-37,39-40,42-43,45-46,49,51,55,57,61,63,80H,6-7,12-13,18-19,24-25,30-31,33,35,38,41,44,47-48,50,52-54,56,58-60,62,64-79H2,1-5H3/p+1/b10-8-,11-9-,16-14-,17-15-,22-20-,23-21-,28-26-,29-27-,34-32-,37-36-,40-39-,43-42-,46-45-,51-49-,57-55-,63-61-. The molecule has 0 saturated carbocycles. The van der Waals surface area contributed by atoms with Crippen molar-refractivity contribution in [3.63, 3.8) is 0 Å². The third kappa shape index (κ3) is 73.9. The Morgan fingerprint density at radius 2 is 0.587 bits per heavy atom. The fourth-order valence-electron chi connectivity index (χ4n) is 9.16.